The van der Waals surface area contributed by atoms with Crippen LogP contribution in [0.1, 0.15) is 30.0 Å². The van der Waals surface area contributed by atoms with Crippen molar-refractivity contribution in [2.24, 2.45) is 10.2 Å². The molecule has 3 rings (SSSR count). The van der Waals surface area contributed by atoms with Gasteiger partial charge in [0, 0.05) is 16.8 Å². The monoisotopic (exact) mass is 326 g/mol. The van der Waals surface area contributed by atoms with Gasteiger partial charge < -0.3 is 0 Å². The minimum absolute atomic E-state index is 0.903. The molecule has 0 aliphatic heterocycles. The first kappa shape index (κ1) is 16.8. The summed E-state index contributed by atoms with van der Waals surface area (Å²) in [6.07, 6.45) is 1.89. The molecule has 0 aromatic heterocycles. The molecule has 0 amide bonds. The molecule has 0 spiro atoms. The van der Waals surface area contributed by atoms with E-state index in [9.17, 15) is 0 Å². The van der Waals surface area contributed by atoms with E-state index in [0.717, 1.165) is 35.4 Å². The lowest BCUT2D eigenvalue weighted by atomic mass is 10.0. The maximum absolute atomic E-state index is 4.58. The molecule has 0 atom stereocenters. The van der Waals surface area contributed by atoms with Gasteiger partial charge in [0.15, 0.2) is 0 Å². The maximum Gasteiger partial charge on any atom is 0.100 e. The fraction of sp³-hybridized carbons (Fsp3) is 0.130. The molecule has 0 aliphatic carbocycles. The molecule has 124 valence electrons. The van der Waals surface area contributed by atoms with Crippen LogP contribution in [0.15, 0.2) is 101 Å². The summed E-state index contributed by atoms with van der Waals surface area (Å²) in [5.74, 6) is 0. The molecule has 0 unspecified atom stereocenters. The molecule has 0 heterocycles. The molecule has 25 heavy (non-hydrogen) atoms. The number of rotatable bonds is 6. The number of hydrogen-bond donors (Lipinski definition) is 0. The van der Waals surface area contributed by atoms with E-state index < -0.39 is 0 Å². The number of benzene rings is 3. The van der Waals surface area contributed by atoms with Gasteiger partial charge in [-0.3, -0.25) is 0 Å². The summed E-state index contributed by atoms with van der Waals surface area (Å²) in [5.41, 5.74) is 5.42. The molecule has 0 fully saturated rings. The van der Waals surface area contributed by atoms with Gasteiger partial charge in [-0.1, -0.05) is 91.0 Å². The molecule has 3 aromatic carbocycles. The third-order valence-electron chi connectivity index (χ3n) is 4.03. The Morgan fingerprint density at radius 3 is 1.64 bits per heavy atom. The van der Waals surface area contributed by atoms with Crippen molar-refractivity contribution in [3.63, 3.8) is 0 Å². The van der Waals surface area contributed by atoms with E-state index in [1.807, 2.05) is 49.4 Å². The van der Waals surface area contributed by atoms with Crippen LogP contribution < -0.4 is 0 Å². The Hall–Kier alpha value is -3.00. The van der Waals surface area contributed by atoms with E-state index in [1.165, 1.54) is 5.56 Å². The minimum atomic E-state index is 0.903. The van der Waals surface area contributed by atoms with Gasteiger partial charge in [-0.25, -0.2) is 0 Å². The molecule has 0 N–H and O–H groups in total. The van der Waals surface area contributed by atoms with E-state index in [0.29, 0.717) is 0 Å². The molecule has 0 saturated carbocycles. The Labute approximate surface area is 149 Å². The molecule has 3 aromatic rings. The summed E-state index contributed by atoms with van der Waals surface area (Å²) in [5, 5.41) is 9.08. The van der Waals surface area contributed by atoms with Crippen LogP contribution in [-0.2, 0) is 6.42 Å². The Kier molecular flexibility index (Phi) is 5.89. The quantitative estimate of drug-likeness (QED) is 0.420. The fourth-order valence-corrected chi connectivity index (χ4v) is 2.63. The third kappa shape index (κ3) is 4.98. The standard InChI is InChI=1S/C23H22N2/c1-19(17-18-20-11-5-2-6-12-20)24-25-23(21-13-7-3-8-14-21)22-15-9-4-10-16-22/h2-16H,17-18H2,1H3. The SMILES string of the molecule is CC(CCc1ccccc1)=NN=C(c1ccccc1)c1ccccc1. The summed E-state index contributed by atoms with van der Waals surface area (Å²) >= 11 is 0. The number of nitrogens with zero attached hydrogens (tertiary/aromatic N) is 2. The van der Waals surface area contributed by atoms with Crippen molar-refractivity contribution >= 4 is 11.4 Å². The van der Waals surface area contributed by atoms with Gasteiger partial charge in [0.1, 0.15) is 5.71 Å². The summed E-state index contributed by atoms with van der Waals surface area (Å²) in [4.78, 5) is 0. The summed E-state index contributed by atoms with van der Waals surface area (Å²) in [6.45, 7) is 2.04. The Morgan fingerprint density at radius 1 is 0.640 bits per heavy atom. The van der Waals surface area contributed by atoms with Crippen LogP contribution in [0.5, 0.6) is 0 Å². The molecule has 0 aliphatic rings. The zero-order valence-electron chi connectivity index (χ0n) is 14.5. The number of aryl methyl sites for hydroxylation is 1. The van der Waals surface area contributed by atoms with Crippen LogP contribution in [0.25, 0.3) is 0 Å². The van der Waals surface area contributed by atoms with Gasteiger partial charge >= 0.3 is 0 Å². The topological polar surface area (TPSA) is 24.7 Å². The van der Waals surface area contributed by atoms with E-state index in [-0.39, 0.29) is 0 Å². The van der Waals surface area contributed by atoms with Gasteiger partial charge in [-0.2, -0.15) is 5.10 Å². The van der Waals surface area contributed by atoms with E-state index in [4.69, 9.17) is 0 Å². The van der Waals surface area contributed by atoms with Crippen molar-refractivity contribution in [3.05, 3.63) is 108 Å². The summed E-state index contributed by atoms with van der Waals surface area (Å²) in [6, 6.07) is 30.9. The molecule has 2 heteroatoms. The van der Waals surface area contributed by atoms with Crippen LogP contribution >= 0.6 is 0 Å². The molecule has 0 bridgehead atoms. The molecule has 0 saturated heterocycles. The highest BCUT2D eigenvalue weighted by atomic mass is 15.2. The predicted molar refractivity (Wildman–Crippen MR) is 106 cm³/mol. The predicted octanol–water partition coefficient (Wildman–Crippen LogP) is 5.53. The second-order valence-electron chi connectivity index (χ2n) is 6.00. The zero-order valence-corrected chi connectivity index (χ0v) is 14.5. The molecular weight excluding hydrogens is 304 g/mol. The van der Waals surface area contributed by atoms with Crippen molar-refractivity contribution in [1.29, 1.82) is 0 Å². The van der Waals surface area contributed by atoms with Crippen LogP contribution in [0.3, 0.4) is 0 Å². The van der Waals surface area contributed by atoms with Crippen molar-refractivity contribution in [1.82, 2.24) is 0 Å². The highest BCUT2D eigenvalue weighted by Gasteiger charge is 2.06. The van der Waals surface area contributed by atoms with Gasteiger partial charge in [0.05, 0.1) is 0 Å². The highest BCUT2D eigenvalue weighted by Crippen LogP contribution is 2.12. The lowest BCUT2D eigenvalue weighted by Gasteiger charge is -2.06. The normalized spacial score (nSPS) is 11.2. The smallest absolute Gasteiger partial charge is 0.100 e. The second kappa shape index (κ2) is 8.74. The molecule has 2 nitrogen and oxygen atoms in total. The average Bonchev–Trinajstić information content (AvgIpc) is 2.69. The first-order chi connectivity index (χ1) is 12.3. The average molecular weight is 326 g/mol. The van der Waals surface area contributed by atoms with Gasteiger partial charge in [0.2, 0.25) is 0 Å². The summed E-state index contributed by atoms with van der Waals surface area (Å²) < 4.78 is 0. The Morgan fingerprint density at radius 2 is 1.12 bits per heavy atom. The van der Waals surface area contributed by atoms with Crippen LogP contribution in [0.4, 0.5) is 0 Å². The van der Waals surface area contributed by atoms with Crippen molar-refractivity contribution < 1.29 is 0 Å². The fourth-order valence-electron chi connectivity index (χ4n) is 2.63. The van der Waals surface area contributed by atoms with E-state index in [1.54, 1.807) is 0 Å². The Balaban J connectivity index is 1.81. The Bertz CT molecular complexity index is 794. The maximum atomic E-state index is 4.58. The van der Waals surface area contributed by atoms with Crippen molar-refractivity contribution in [3.8, 4) is 0 Å². The van der Waals surface area contributed by atoms with Gasteiger partial charge in [0.25, 0.3) is 0 Å². The van der Waals surface area contributed by atoms with E-state index in [2.05, 4.69) is 58.7 Å². The van der Waals surface area contributed by atoms with Crippen LogP contribution in [0.2, 0.25) is 0 Å². The molecule has 0 radical (unpaired) electrons. The van der Waals surface area contributed by atoms with Crippen LogP contribution in [0, 0.1) is 0 Å². The zero-order chi connectivity index (χ0) is 17.3. The van der Waals surface area contributed by atoms with E-state index >= 15 is 0 Å². The summed E-state index contributed by atoms with van der Waals surface area (Å²) in [7, 11) is 0. The highest BCUT2D eigenvalue weighted by molar-refractivity contribution is 6.13. The van der Waals surface area contributed by atoms with Crippen LogP contribution in [-0.4, -0.2) is 11.4 Å². The largest absolute Gasteiger partial charge is 0.160 e. The lowest BCUT2D eigenvalue weighted by molar-refractivity contribution is 1.02. The van der Waals surface area contributed by atoms with Crippen molar-refractivity contribution in [2.45, 2.75) is 19.8 Å². The lowest BCUT2D eigenvalue weighted by Crippen LogP contribution is -2.03. The second-order valence-corrected chi connectivity index (χ2v) is 6.00. The number of hydrogen-bond acceptors (Lipinski definition) is 2. The minimum Gasteiger partial charge on any atom is -0.160 e. The van der Waals surface area contributed by atoms with Crippen molar-refractivity contribution in [2.75, 3.05) is 0 Å². The van der Waals surface area contributed by atoms with Gasteiger partial charge in [-0.05, 0) is 25.3 Å². The third-order valence-corrected chi connectivity index (χ3v) is 4.03. The molecular formula is C23H22N2. The first-order valence-corrected chi connectivity index (χ1v) is 8.59. The first-order valence-electron chi connectivity index (χ1n) is 8.59. The van der Waals surface area contributed by atoms with Gasteiger partial charge in [-0.15, -0.1) is 5.10 Å².